The highest BCUT2D eigenvalue weighted by Crippen LogP contribution is 2.32. The summed E-state index contributed by atoms with van der Waals surface area (Å²) in [5.74, 6) is 0.364. The van der Waals surface area contributed by atoms with Crippen LogP contribution >= 0.6 is 0 Å². The van der Waals surface area contributed by atoms with E-state index in [1.165, 1.54) is 0 Å². The number of ketones is 1. The molecule has 0 spiro atoms. The molecule has 2 aliphatic heterocycles. The maximum absolute atomic E-state index is 12.8. The molecule has 2 aromatic rings. The number of rotatable bonds is 2. The summed E-state index contributed by atoms with van der Waals surface area (Å²) in [6.07, 6.45) is 7.34. The molecular weight excluding hydrogens is 266 g/mol. The maximum atomic E-state index is 12.8. The Morgan fingerprint density at radius 3 is 2.81 bits per heavy atom. The number of carbonyl (C=O) groups is 1. The number of hydrogen-bond donors (Lipinski definition) is 0. The number of pyridine rings is 1. The Labute approximate surface area is 123 Å². The van der Waals surface area contributed by atoms with Crippen molar-refractivity contribution in [2.75, 3.05) is 20.3 Å². The minimum atomic E-state index is 0.109. The first-order chi connectivity index (χ1) is 10.2. The van der Waals surface area contributed by atoms with Crippen LogP contribution in [0, 0.1) is 5.92 Å². The Hall–Kier alpha value is -1.72. The zero-order valence-electron chi connectivity index (χ0n) is 12.1. The zero-order valence-corrected chi connectivity index (χ0v) is 12.1. The highest BCUT2D eigenvalue weighted by Gasteiger charge is 2.39. The Bertz CT molecular complexity index is 667. The third-order valence-electron chi connectivity index (χ3n) is 4.94. The number of hydrogen-bond acceptors (Lipinski definition) is 4. The fraction of sp³-hybridized carbons (Fsp3) is 0.500. The number of ether oxygens (including phenoxy) is 1. The van der Waals surface area contributed by atoms with E-state index in [2.05, 4.69) is 16.9 Å². The molecule has 0 aromatic carbocycles. The maximum Gasteiger partial charge on any atom is 0.166 e. The van der Waals surface area contributed by atoms with Crippen LogP contribution in [-0.4, -0.2) is 52.4 Å². The van der Waals surface area contributed by atoms with Crippen molar-refractivity contribution in [2.45, 2.75) is 24.9 Å². The third kappa shape index (κ3) is 2.17. The van der Waals surface area contributed by atoms with Crippen molar-refractivity contribution in [1.29, 1.82) is 0 Å². The van der Waals surface area contributed by atoms with E-state index in [0.717, 1.165) is 37.3 Å². The molecule has 110 valence electrons. The molecule has 4 heterocycles. The second kappa shape index (κ2) is 4.93. The van der Waals surface area contributed by atoms with Gasteiger partial charge in [0.2, 0.25) is 0 Å². The molecule has 5 heteroatoms. The fourth-order valence-corrected chi connectivity index (χ4v) is 3.61. The molecule has 2 saturated heterocycles. The topological polar surface area (TPSA) is 46.8 Å². The fourth-order valence-electron chi connectivity index (χ4n) is 3.61. The SMILES string of the molecule is CN1C2COCC1CC(C(=O)c1ccn3ccnc3c1)C2. The standard InChI is InChI=1S/C16H19N3O2/c1-18-13-6-12(7-14(18)10-21-9-13)16(20)11-2-4-19-5-3-17-15(19)8-11/h2-5,8,12-14H,6-7,9-10H2,1H3. The molecule has 2 bridgehead atoms. The lowest BCUT2D eigenvalue weighted by Gasteiger charge is -2.46. The van der Waals surface area contributed by atoms with Gasteiger partial charge >= 0.3 is 0 Å². The summed E-state index contributed by atoms with van der Waals surface area (Å²) in [6.45, 7) is 1.49. The molecule has 4 rings (SSSR count). The summed E-state index contributed by atoms with van der Waals surface area (Å²) >= 11 is 0. The molecular formula is C16H19N3O2. The number of morpholine rings is 1. The first kappa shape index (κ1) is 13.0. The van der Waals surface area contributed by atoms with E-state index in [1.54, 1.807) is 6.20 Å². The summed E-state index contributed by atoms with van der Waals surface area (Å²) in [5.41, 5.74) is 1.61. The van der Waals surface area contributed by atoms with Crippen LogP contribution < -0.4 is 0 Å². The Balaban J connectivity index is 1.59. The second-order valence-corrected chi connectivity index (χ2v) is 6.15. The van der Waals surface area contributed by atoms with Gasteiger partial charge in [0.15, 0.2) is 5.78 Å². The number of fused-ring (bicyclic) bond motifs is 3. The number of piperidine rings is 1. The van der Waals surface area contributed by atoms with Crippen LogP contribution in [0.5, 0.6) is 0 Å². The van der Waals surface area contributed by atoms with Crippen molar-refractivity contribution in [3.8, 4) is 0 Å². The van der Waals surface area contributed by atoms with Crippen LogP contribution in [0.1, 0.15) is 23.2 Å². The van der Waals surface area contributed by atoms with E-state index in [4.69, 9.17) is 4.74 Å². The summed E-state index contributed by atoms with van der Waals surface area (Å²) in [4.78, 5) is 19.4. The predicted molar refractivity (Wildman–Crippen MR) is 78.4 cm³/mol. The van der Waals surface area contributed by atoms with Crippen LogP contribution in [0.2, 0.25) is 0 Å². The summed E-state index contributed by atoms with van der Waals surface area (Å²) in [7, 11) is 2.15. The van der Waals surface area contributed by atoms with E-state index < -0.39 is 0 Å². The summed E-state index contributed by atoms with van der Waals surface area (Å²) < 4.78 is 7.55. The van der Waals surface area contributed by atoms with Crippen molar-refractivity contribution in [1.82, 2.24) is 14.3 Å². The molecule has 2 aliphatic rings. The van der Waals surface area contributed by atoms with Gasteiger partial charge in [0.25, 0.3) is 0 Å². The molecule has 2 unspecified atom stereocenters. The smallest absolute Gasteiger partial charge is 0.166 e. The lowest BCUT2D eigenvalue weighted by Crippen LogP contribution is -2.55. The minimum Gasteiger partial charge on any atom is -0.378 e. The van der Waals surface area contributed by atoms with Gasteiger partial charge in [-0.25, -0.2) is 4.98 Å². The summed E-state index contributed by atoms with van der Waals surface area (Å²) in [5, 5.41) is 0. The molecule has 5 nitrogen and oxygen atoms in total. The van der Waals surface area contributed by atoms with Crippen LogP contribution in [0.25, 0.3) is 5.65 Å². The predicted octanol–water partition coefficient (Wildman–Crippen LogP) is 1.63. The average Bonchev–Trinajstić information content (AvgIpc) is 2.93. The van der Waals surface area contributed by atoms with E-state index in [9.17, 15) is 4.79 Å². The minimum absolute atomic E-state index is 0.109. The first-order valence-corrected chi connectivity index (χ1v) is 7.49. The van der Waals surface area contributed by atoms with Crippen LogP contribution in [0.3, 0.4) is 0 Å². The largest absolute Gasteiger partial charge is 0.378 e. The van der Waals surface area contributed by atoms with Crippen molar-refractivity contribution in [3.05, 3.63) is 36.3 Å². The normalized spacial score (nSPS) is 29.7. The van der Waals surface area contributed by atoms with Crippen molar-refractivity contribution in [3.63, 3.8) is 0 Å². The second-order valence-electron chi connectivity index (χ2n) is 6.15. The third-order valence-corrected chi connectivity index (χ3v) is 4.94. The molecule has 0 amide bonds. The van der Waals surface area contributed by atoms with Crippen LogP contribution in [0.15, 0.2) is 30.7 Å². The molecule has 2 atom stereocenters. The number of aromatic nitrogens is 2. The van der Waals surface area contributed by atoms with Gasteiger partial charge < -0.3 is 9.14 Å². The highest BCUT2D eigenvalue weighted by atomic mass is 16.5. The van der Waals surface area contributed by atoms with Gasteiger partial charge in [0.05, 0.1) is 13.2 Å². The molecule has 21 heavy (non-hydrogen) atoms. The van der Waals surface area contributed by atoms with E-state index >= 15 is 0 Å². The lowest BCUT2D eigenvalue weighted by molar-refractivity contribution is -0.0702. The first-order valence-electron chi connectivity index (χ1n) is 7.49. The average molecular weight is 285 g/mol. The van der Waals surface area contributed by atoms with Gasteiger partial charge in [-0.05, 0) is 32.0 Å². The van der Waals surface area contributed by atoms with E-state index in [-0.39, 0.29) is 11.7 Å². The number of Topliss-reactive ketones (excluding diaryl/α,β-unsaturated/α-hetero) is 1. The van der Waals surface area contributed by atoms with Gasteiger partial charge in [-0.2, -0.15) is 0 Å². The van der Waals surface area contributed by atoms with Crippen molar-refractivity contribution < 1.29 is 9.53 Å². The Morgan fingerprint density at radius 2 is 2.05 bits per heavy atom. The highest BCUT2D eigenvalue weighted by molar-refractivity contribution is 5.98. The van der Waals surface area contributed by atoms with Gasteiger partial charge in [-0.15, -0.1) is 0 Å². The van der Waals surface area contributed by atoms with Crippen LogP contribution in [0.4, 0.5) is 0 Å². The zero-order chi connectivity index (χ0) is 14.4. The molecule has 0 aliphatic carbocycles. The number of likely N-dealkylation sites (N-methyl/N-ethyl adjacent to an activating group) is 1. The number of carbonyl (C=O) groups excluding carboxylic acids is 1. The van der Waals surface area contributed by atoms with Gasteiger partial charge in [-0.1, -0.05) is 0 Å². The number of imidazole rings is 1. The van der Waals surface area contributed by atoms with Crippen molar-refractivity contribution in [2.24, 2.45) is 5.92 Å². The summed E-state index contributed by atoms with van der Waals surface area (Å²) in [6, 6.07) is 4.55. The van der Waals surface area contributed by atoms with Gasteiger partial charge in [-0.3, -0.25) is 9.69 Å². The Kier molecular flexibility index (Phi) is 3.05. The Morgan fingerprint density at radius 1 is 1.29 bits per heavy atom. The van der Waals surface area contributed by atoms with Crippen LogP contribution in [-0.2, 0) is 4.74 Å². The van der Waals surface area contributed by atoms with Gasteiger partial charge in [0, 0.05) is 42.2 Å². The van der Waals surface area contributed by atoms with E-state index in [1.807, 2.05) is 28.9 Å². The number of nitrogens with zero attached hydrogens (tertiary/aromatic N) is 3. The molecule has 2 aromatic heterocycles. The molecule has 0 radical (unpaired) electrons. The molecule has 0 N–H and O–H groups in total. The quantitative estimate of drug-likeness (QED) is 0.787. The van der Waals surface area contributed by atoms with E-state index in [0.29, 0.717) is 12.1 Å². The monoisotopic (exact) mass is 285 g/mol. The van der Waals surface area contributed by atoms with Crippen molar-refractivity contribution >= 4 is 11.4 Å². The lowest BCUT2D eigenvalue weighted by atomic mass is 9.81. The van der Waals surface area contributed by atoms with Gasteiger partial charge in [0.1, 0.15) is 5.65 Å². The molecule has 2 fully saturated rings. The molecule has 0 saturated carbocycles.